The summed E-state index contributed by atoms with van der Waals surface area (Å²) in [5.41, 5.74) is 1.78. The van der Waals surface area contributed by atoms with Crippen LogP contribution in [0, 0.1) is 22.7 Å². The highest BCUT2D eigenvalue weighted by atomic mass is 16.3. The van der Waals surface area contributed by atoms with Crippen molar-refractivity contribution in [1.82, 2.24) is 5.43 Å². The van der Waals surface area contributed by atoms with E-state index in [9.17, 15) is 9.90 Å². The Labute approximate surface area is 122 Å². The Hall–Kier alpha value is -0.610. The lowest BCUT2D eigenvalue weighted by Crippen LogP contribution is -2.58. The molecule has 20 heavy (non-hydrogen) atoms. The lowest BCUT2D eigenvalue weighted by Gasteiger charge is -2.61. The second-order valence-corrected chi connectivity index (χ2v) is 8.12. The lowest BCUT2D eigenvalue weighted by molar-refractivity contribution is -0.173. The minimum Gasteiger partial charge on any atom is -0.390 e. The second kappa shape index (κ2) is 4.99. The molecule has 2 aliphatic carbocycles. The Morgan fingerprint density at radius 3 is 2.50 bits per heavy atom. The third-order valence-corrected chi connectivity index (χ3v) is 6.31. The monoisotopic (exact) mass is 282 g/mol. The Bertz CT molecular complexity index is 392. The van der Waals surface area contributed by atoms with Gasteiger partial charge in [-0.05, 0) is 49.4 Å². The van der Waals surface area contributed by atoms with Gasteiger partial charge in [0.25, 0.3) is 0 Å². The molecule has 4 heteroatoms. The summed E-state index contributed by atoms with van der Waals surface area (Å²) in [6, 6.07) is 0. The van der Waals surface area contributed by atoms with Gasteiger partial charge < -0.3 is 5.11 Å². The fraction of sp³-hybridized carbons (Fsp3) is 0.938. The van der Waals surface area contributed by atoms with Gasteiger partial charge in [0.05, 0.1) is 5.60 Å². The zero-order valence-corrected chi connectivity index (χ0v) is 13.3. The summed E-state index contributed by atoms with van der Waals surface area (Å²) < 4.78 is 0. The van der Waals surface area contributed by atoms with Crippen LogP contribution in [0.4, 0.5) is 0 Å². The van der Waals surface area contributed by atoms with E-state index in [0.717, 1.165) is 19.3 Å². The van der Waals surface area contributed by atoms with E-state index in [4.69, 9.17) is 5.84 Å². The van der Waals surface area contributed by atoms with Crippen LogP contribution >= 0.6 is 0 Å². The first kappa shape index (κ1) is 15.8. The number of nitrogens with one attached hydrogen (secondary N) is 1. The SMILES string of the molecule is CC1(C)CCC[C@@]2(C)[C@@H](CC(=O)NN)[C@@](C)(O)CC[C@@H]12. The van der Waals surface area contributed by atoms with Gasteiger partial charge in [0.2, 0.25) is 5.91 Å². The highest BCUT2D eigenvalue weighted by Crippen LogP contribution is 2.62. The van der Waals surface area contributed by atoms with Gasteiger partial charge in [0.15, 0.2) is 0 Å². The molecule has 0 aliphatic heterocycles. The fourth-order valence-corrected chi connectivity index (χ4v) is 5.32. The van der Waals surface area contributed by atoms with E-state index in [-0.39, 0.29) is 17.2 Å². The molecule has 0 radical (unpaired) electrons. The minimum absolute atomic E-state index is 0.0168. The molecule has 0 aromatic carbocycles. The lowest BCUT2D eigenvalue weighted by atomic mass is 9.45. The number of amides is 1. The van der Waals surface area contributed by atoms with Crippen LogP contribution in [0.15, 0.2) is 0 Å². The molecule has 4 N–H and O–H groups in total. The molecule has 4 nitrogen and oxygen atoms in total. The molecule has 2 saturated carbocycles. The van der Waals surface area contributed by atoms with Crippen LogP contribution in [0.5, 0.6) is 0 Å². The molecule has 0 saturated heterocycles. The smallest absolute Gasteiger partial charge is 0.234 e. The van der Waals surface area contributed by atoms with Crippen molar-refractivity contribution >= 4 is 5.91 Å². The minimum atomic E-state index is -0.773. The maximum atomic E-state index is 11.8. The van der Waals surface area contributed by atoms with Crippen molar-refractivity contribution in [2.24, 2.45) is 28.5 Å². The second-order valence-electron chi connectivity index (χ2n) is 8.12. The number of aliphatic hydroxyl groups is 1. The van der Waals surface area contributed by atoms with Crippen molar-refractivity contribution in [2.75, 3.05) is 0 Å². The quantitative estimate of drug-likeness (QED) is 0.413. The first-order chi connectivity index (χ1) is 9.13. The summed E-state index contributed by atoms with van der Waals surface area (Å²) in [6.45, 7) is 8.86. The van der Waals surface area contributed by atoms with Crippen molar-refractivity contribution in [2.45, 2.75) is 71.8 Å². The molecular weight excluding hydrogens is 252 g/mol. The molecule has 0 aromatic heterocycles. The Kier molecular flexibility index (Phi) is 3.93. The normalized spacial score (nSPS) is 43.7. The number of hydrogen-bond donors (Lipinski definition) is 3. The number of fused-ring (bicyclic) bond motifs is 1. The number of hydrogen-bond acceptors (Lipinski definition) is 3. The number of carbonyl (C=O) groups is 1. The van der Waals surface area contributed by atoms with E-state index in [0.29, 0.717) is 17.8 Å². The van der Waals surface area contributed by atoms with Gasteiger partial charge in [-0.25, -0.2) is 5.84 Å². The van der Waals surface area contributed by atoms with E-state index in [1.807, 2.05) is 6.92 Å². The molecule has 2 aliphatic rings. The molecule has 2 rings (SSSR count). The highest BCUT2D eigenvalue weighted by Gasteiger charge is 2.58. The molecule has 0 unspecified atom stereocenters. The van der Waals surface area contributed by atoms with Crippen molar-refractivity contribution in [3.8, 4) is 0 Å². The first-order valence-electron chi connectivity index (χ1n) is 7.85. The summed E-state index contributed by atoms with van der Waals surface area (Å²) in [4.78, 5) is 11.8. The molecule has 0 spiro atoms. The zero-order valence-electron chi connectivity index (χ0n) is 13.3. The maximum absolute atomic E-state index is 11.8. The van der Waals surface area contributed by atoms with Crippen molar-refractivity contribution in [3.05, 3.63) is 0 Å². The van der Waals surface area contributed by atoms with Gasteiger partial charge in [-0.1, -0.05) is 27.2 Å². The summed E-state index contributed by atoms with van der Waals surface area (Å²) in [5.74, 6) is 5.65. The van der Waals surface area contributed by atoms with Crippen LogP contribution in [0.1, 0.15) is 66.2 Å². The van der Waals surface area contributed by atoms with Gasteiger partial charge in [0, 0.05) is 12.3 Å². The molecule has 0 heterocycles. The van der Waals surface area contributed by atoms with Gasteiger partial charge in [-0.15, -0.1) is 0 Å². The fourth-order valence-electron chi connectivity index (χ4n) is 5.32. The molecule has 4 atom stereocenters. The number of hydrazine groups is 1. The standard InChI is InChI=1S/C16H30N2O2/c1-14(2)7-5-8-15(3)11(14)6-9-16(4,20)12(15)10-13(19)18-17/h11-12,20H,5-10,17H2,1-4H3,(H,18,19)/t11-,12+,15+,16-/m0/s1. The molecule has 1 amide bonds. The van der Waals surface area contributed by atoms with Crippen LogP contribution < -0.4 is 11.3 Å². The maximum Gasteiger partial charge on any atom is 0.234 e. The van der Waals surface area contributed by atoms with Gasteiger partial charge >= 0.3 is 0 Å². The third-order valence-electron chi connectivity index (χ3n) is 6.31. The largest absolute Gasteiger partial charge is 0.390 e. The molecule has 116 valence electrons. The summed E-state index contributed by atoms with van der Waals surface area (Å²) in [5, 5.41) is 10.8. The highest BCUT2D eigenvalue weighted by molar-refractivity contribution is 5.75. The first-order valence-corrected chi connectivity index (χ1v) is 7.85. The predicted molar refractivity (Wildman–Crippen MR) is 79.5 cm³/mol. The van der Waals surface area contributed by atoms with Crippen LogP contribution in [-0.2, 0) is 4.79 Å². The summed E-state index contributed by atoms with van der Waals surface area (Å²) in [6.07, 6.45) is 5.67. The van der Waals surface area contributed by atoms with E-state index < -0.39 is 5.60 Å². The number of carbonyl (C=O) groups excluding carboxylic acids is 1. The van der Waals surface area contributed by atoms with E-state index in [1.54, 1.807) is 0 Å². The molecule has 0 aromatic rings. The Morgan fingerprint density at radius 2 is 1.90 bits per heavy atom. The van der Waals surface area contributed by atoms with Crippen molar-refractivity contribution in [1.29, 1.82) is 0 Å². The topological polar surface area (TPSA) is 75.4 Å². The Morgan fingerprint density at radius 1 is 1.25 bits per heavy atom. The van der Waals surface area contributed by atoms with Gasteiger partial charge in [0.1, 0.15) is 0 Å². The zero-order chi connectivity index (χ0) is 15.2. The average molecular weight is 282 g/mol. The number of rotatable bonds is 2. The molecule has 2 fully saturated rings. The van der Waals surface area contributed by atoms with E-state index in [2.05, 4.69) is 26.2 Å². The molecular formula is C16H30N2O2. The van der Waals surface area contributed by atoms with Crippen LogP contribution in [-0.4, -0.2) is 16.6 Å². The summed E-state index contributed by atoms with van der Waals surface area (Å²) in [7, 11) is 0. The van der Waals surface area contributed by atoms with Crippen molar-refractivity contribution < 1.29 is 9.90 Å². The van der Waals surface area contributed by atoms with Crippen LogP contribution in [0.2, 0.25) is 0 Å². The predicted octanol–water partition coefficient (Wildman–Crippen LogP) is 2.36. The van der Waals surface area contributed by atoms with Crippen LogP contribution in [0.3, 0.4) is 0 Å². The average Bonchev–Trinajstić information content (AvgIpc) is 2.32. The van der Waals surface area contributed by atoms with Gasteiger partial charge in [-0.3, -0.25) is 10.2 Å². The van der Waals surface area contributed by atoms with Crippen molar-refractivity contribution in [3.63, 3.8) is 0 Å². The summed E-state index contributed by atoms with van der Waals surface area (Å²) >= 11 is 0. The van der Waals surface area contributed by atoms with E-state index >= 15 is 0 Å². The third kappa shape index (κ3) is 2.48. The van der Waals surface area contributed by atoms with E-state index in [1.165, 1.54) is 12.8 Å². The Balaban J connectivity index is 2.35. The molecule has 0 bridgehead atoms. The van der Waals surface area contributed by atoms with Crippen LogP contribution in [0.25, 0.3) is 0 Å². The van der Waals surface area contributed by atoms with Gasteiger partial charge in [-0.2, -0.15) is 0 Å². The number of nitrogens with two attached hydrogens (primary N) is 1.